The minimum absolute atomic E-state index is 0.240. The van der Waals surface area contributed by atoms with E-state index in [2.05, 4.69) is 11.4 Å². The summed E-state index contributed by atoms with van der Waals surface area (Å²) in [6.07, 6.45) is 12.2. The topological polar surface area (TPSA) is 113 Å². The molecule has 0 radical (unpaired) electrons. The second-order valence-corrected chi connectivity index (χ2v) is 7.61. The molecule has 0 fully saturated rings. The standard InChI is InChI=1S/C17H35O7P/c1-2-3-4-5-6-7-8-9-10-11-12-13-17(19)24-16(14-18)15-23-25(20,21)22/h16,18H,2-15H2,1H3,(H2,20,21,22). The third-order valence-corrected chi connectivity index (χ3v) is 4.40. The summed E-state index contributed by atoms with van der Waals surface area (Å²) in [5.41, 5.74) is 0. The number of hydrogen-bond donors (Lipinski definition) is 3. The summed E-state index contributed by atoms with van der Waals surface area (Å²) in [6, 6.07) is 0. The van der Waals surface area contributed by atoms with Crippen LogP contribution in [0.2, 0.25) is 0 Å². The van der Waals surface area contributed by atoms with Gasteiger partial charge in [-0.25, -0.2) is 4.57 Å². The predicted molar refractivity (Wildman–Crippen MR) is 96.0 cm³/mol. The molecule has 8 heteroatoms. The number of hydrogen-bond acceptors (Lipinski definition) is 5. The lowest BCUT2D eigenvalue weighted by Gasteiger charge is -2.15. The first-order chi connectivity index (χ1) is 11.9. The summed E-state index contributed by atoms with van der Waals surface area (Å²) in [4.78, 5) is 28.8. The molecule has 0 heterocycles. The lowest BCUT2D eigenvalue weighted by molar-refractivity contribution is -0.153. The molecule has 0 aromatic rings. The first-order valence-electron chi connectivity index (χ1n) is 9.39. The van der Waals surface area contributed by atoms with E-state index in [0.29, 0.717) is 6.42 Å². The van der Waals surface area contributed by atoms with Crippen molar-refractivity contribution >= 4 is 13.8 Å². The molecule has 1 unspecified atom stereocenters. The third kappa shape index (κ3) is 18.1. The van der Waals surface area contributed by atoms with Gasteiger partial charge in [-0.05, 0) is 6.42 Å². The van der Waals surface area contributed by atoms with Gasteiger partial charge < -0.3 is 19.6 Å². The van der Waals surface area contributed by atoms with Gasteiger partial charge in [0, 0.05) is 6.42 Å². The number of aliphatic hydroxyl groups excluding tert-OH is 1. The first kappa shape index (κ1) is 24.5. The number of rotatable bonds is 17. The van der Waals surface area contributed by atoms with E-state index < -0.39 is 33.1 Å². The molecule has 0 aromatic carbocycles. The maximum Gasteiger partial charge on any atom is 0.469 e. The fraction of sp³-hybridized carbons (Fsp3) is 0.941. The molecular weight excluding hydrogens is 347 g/mol. The second kappa shape index (κ2) is 15.8. The Kier molecular flexibility index (Phi) is 15.5. The van der Waals surface area contributed by atoms with Crippen molar-refractivity contribution < 1.29 is 33.5 Å². The molecule has 0 saturated heterocycles. The third-order valence-electron chi connectivity index (χ3n) is 3.91. The van der Waals surface area contributed by atoms with Crippen molar-refractivity contribution in [1.82, 2.24) is 0 Å². The van der Waals surface area contributed by atoms with Crippen LogP contribution in [-0.4, -0.2) is 40.2 Å². The molecule has 0 aliphatic carbocycles. The number of phosphoric acid groups is 1. The van der Waals surface area contributed by atoms with Crippen molar-refractivity contribution in [3.8, 4) is 0 Å². The monoisotopic (exact) mass is 382 g/mol. The summed E-state index contributed by atoms with van der Waals surface area (Å²) in [7, 11) is -4.63. The van der Waals surface area contributed by atoms with Crippen LogP contribution >= 0.6 is 7.82 Å². The van der Waals surface area contributed by atoms with E-state index in [-0.39, 0.29) is 6.42 Å². The van der Waals surface area contributed by atoms with Gasteiger partial charge in [-0.3, -0.25) is 9.32 Å². The summed E-state index contributed by atoms with van der Waals surface area (Å²) in [6.45, 7) is 1.16. The fourth-order valence-corrected chi connectivity index (χ4v) is 2.84. The molecule has 0 rings (SSSR count). The molecule has 0 aliphatic rings. The highest BCUT2D eigenvalue weighted by atomic mass is 31.2. The Balaban J connectivity index is 3.52. The Morgan fingerprint density at radius 1 is 0.920 bits per heavy atom. The van der Waals surface area contributed by atoms with Gasteiger partial charge in [0.25, 0.3) is 0 Å². The lowest BCUT2D eigenvalue weighted by Crippen LogP contribution is -2.26. The minimum Gasteiger partial charge on any atom is -0.457 e. The average Bonchev–Trinajstić information content (AvgIpc) is 2.55. The van der Waals surface area contributed by atoms with E-state index in [0.717, 1.165) is 12.8 Å². The molecule has 0 spiro atoms. The van der Waals surface area contributed by atoms with Crippen LogP contribution in [0.25, 0.3) is 0 Å². The highest BCUT2D eigenvalue weighted by Crippen LogP contribution is 2.35. The smallest absolute Gasteiger partial charge is 0.457 e. The van der Waals surface area contributed by atoms with Crippen LogP contribution < -0.4 is 0 Å². The van der Waals surface area contributed by atoms with Crippen LogP contribution in [0.15, 0.2) is 0 Å². The Morgan fingerprint density at radius 2 is 1.40 bits per heavy atom. The van der Waals surface area contributed by atoms with Crippen molar-refractivity contribution in [2.45, 2.75) is 90.1 Å². The van der Waals surface area contributed by atoms with Gasteiger partial charge in [-0.2, -0.15) is 0 Å². The molecule has 1 atom stereocenters. The van der Waals surface area contributed by atoms with Gasteiger partial charge in [-0.1, -0.05) is 71.1 Å². The number of aliphatic hydroxyl groups is 1. The lowest BCUT2D eigenvalue weighted by atomic mass is 10.1. The molecule has 25 heavy (non-hydrogen) atoms. The van der Waals surface area contributed by atoms with E-state index in [1.807, 2.05) is 0 Å². The van der Waals surface area contributed by atoms with Crippen molar-refractivity contribution in [3.05, 3.63) is 0 Å². The van der Waals surface area contributed by atoms with Gasteiger partial charge in [0.05, 0.1) is 13.2 Å². The van der Waals surface area contributed by atoms with Crippen molar-refractivity contribution in [3.63, 3.8) is 0 Å². The van der Waals surface area contributed by atoms with Gasteiger partial charge in [0.1, 0.15) is 6.10 Å². The largest absolute Gasteiger partial charge is 0.469 e. The van der Waals surface area contributed by atoms with Crippen LogP contribution in [-0.2, 0) is 18.6 Å². The zero-order chi connectivity index (χ0) is 19.0. The molecule has 0 amide bonds. The van der Waals surface area contributed by atoms with Crippen molar-refractivity contribution in [2.24, 2.45) is 0 Å². The minimum atomic E-state index is -4.63. The molecular formula is C17H35O7P. The van der Waals surface area contributed by atoms with E-state index >= 15 is 0 Å². The van der Waals surface area contributed by atoms with E-state index in [1.165, 1.54) is 51.4 Å². The number of ether oxygens (including phenoxy) is 1. The zero-order valence-corrected chi connectivity index (χ0v) is 16.3. The quantitative estimate of drug-likeness (QED) is 0.200. The van der Waals surface area contributed by atoms with Crippen molar-refractivity contribution in [1.29, 1.82) is 0 Å². The SMILES string of the molecule is CCCCCCCCCCCCCC(=O)OC(CO)COP(=O)(O)O. The Bertz CT molecular complexity index is 370. The van der Waals surface area contributed by atoms with Crippen LogP contribution in [0.5, 0.6) is 0 Å². The van der Waals surface area contributed by atoms with E-state index in [1.54, 1.807) is 0 Å². The molecule has 150 valence electrons. The Morgan fingerprint density at radius 3 is 1.84 bits per heavy atom. The molecule has 0 bridgehead atoms. The Labute approximate surface area is 151 Å². The normalized spacial score (nSPS) is 13.0. The van der Waals surface area contributed by atoms with Gasteiger partial charge in [-0.15, -0.1) is 0 Å². The molecule has 7 nitrogen and oxygen atoms in total. The molecule has 0 saturated carbocycles. The second-order valence-electron chi connectivity index (χ2n) is 6.37. The van der Waals surface area contributed by atoms with Crippen LogP contribution in [0.4, 0.5) is 0 Å². The summed E-state index contributed by atoms with van der Waals surface area (Å²) in [5, 5.41) is 9.02. The number of unbranched alkanes of at least 4 members (excludes halogenated alkanes) is 10. The van der Waals surface area contributed by atoms with Gasteiger partial charge in [0.15, 0.2) is 0 Å². The van der Waals surface area contributed by atoms with Crippen LogP contribution in [0, 0.1) is 0 Å². The van der Waals surface area contributed by atoms with E-state index in [4.69, 9.17) is 19.6 Å². The van der Waals surface area contributed by atoms with Gasteiger partial charge >= 0.3 is 13.8 Å². The number of phosphoric ester groups is 1. The Hall–Kier alpha value is -0.460. The number of carbonyl (C=O) groups is 1. The van der Waals surface area contributed by atoms with Crippen LogP contribution in [0.3, 0.4) is 0 Å². The van der Waals surface area contributed by atoms with Gasteiger partial charge in [0.2, 0.25) is 0 Å². The summed E-state index contributed by atoms with van der Waals surface area (Å²) >= 11 is 0. The molecule has 0 aromatic heterocycles. The highest BCUT2D eigenvalue weighted by molar-refractivity contribution is 7.46. The maximum atomic E-state index is 11.6. The fourth-order valence-electron chi connectivity index (χ4n) is 2.48. The number of esters is 1. The van der Waals surface area contributed by atoms with Crippen molar-refractivity contribution in [2.75, 3.05) is 13.2 Å². The average molecular weight is 382 g/mol. The molecule has 0 aliphatic heterocycles. The first-order valence-corrected chi connectivity index (χ1v) is 10.9. The predicted octanol–water partition coefficient (Wildman–Crippen LogP) is 3.70. The zero-order valence-electron chi connectivity index (χ0n) is 15.4. The summed E-state index contributed by atoms with van der Waals surface area (Å²) in [5.74, 6) is -0.482. The number of carbonyl (C=O) groups excluding carboxylic acids is 1. The molecule has 3 N–H and O–H groups in total. The van der Waals surface area contributed by atoms with E-state index in [9.17, 15) is 9.36 Å². The highest BCUT2D eigenvalue weighted by Gasteiger charge is 2.20. The summed E-state index contributed by atoms with van der Waals surface area (Å²) < 4.78 is 19.7. The van der Waals surface area contributed by atoms with Crippen LogP contribution in [0.1, 0.15) is 84.0 Å². The maximum absolute atomic E-state index is 11.6.